The zero-order chi connectivity index (χ0) is 43.9. The van der Waals surface area contributed by atoms with Crippen LogP contribution >= 0.6 is 7.82 Å². The molecule has 2 saturated heterocycles. The second-order valence-electron chi connectivity index (χ2n) is 13.9. The van der Waals surface area contributed by atoms with E-state index >= 15 is 0 Å². The Balaban J connectivity index is 2.55. The van der Waals surface area contributed by atoms with Crippen molar-refractivity contribution >= 4 is 37.5 Å². The summed E-state index contributed by atoms with van der Waals surface area (Å²) in [6.45, 7) is 5.72. The average Bonchev–Trinajstić information content (AvgIpc) is 3.14. The molecule has 24 heteroatoms. The van der Waals surface area contributed by atoms with Gasteiger partial charge in [-0.2, -0.15) is 0 Å². The van der Waals surface area contributed by atoms with Gasteiger partial charge in [0.15, 0.2) is 24.8 Å². The van der Waals surface area contributed by atoms with Crippen LogP contribution in [-0.4, -0.2) is 169 Å². The maximum atomic E-state index is 13.3. The number of aliphatic hydroxyl groups is 6. The molecule has 10 N–H and O–H groups in total. The lowest BCUT2D eigenvalue weighted by atomic mass is 9.95. The summed E-state index contributed by atoms with van der Waals surface area (Å²) in [5.74, 6) is -4.56. The SMILES string of the molecule is CC[C@@H](O)CC(=O)N[C@H]1[C@@H](OP(=O)(O)O)O[C@H](CO[C@@H]2O[C@H](CO)[C@@H](O)[C@H](OC(=O)C[C@H](O)CC)[C@H]2NC(=O)C[C@@H](CC)OC(C)=O)[C@@H](O)[C@@H]1OC(=O)C[C@H](O)CC. The standard InChI is InChI=1S/C34H59N2O21P/c1-6-17(39)10-23(42)35-28-32(56-26(45)12-19(41)8-3)30(47)22(54-34(28)57-58(48,49)50)15-51-33-27(36-24(43)13-20(9-4)52-16(5)38)31(29(46)21(14-37)53-33)55-25(44)11-18(40)7-2/h17-22,27-34,37,39-41,46-47H,6-15H2,1-5H3,(H,35,42)(H,36,43)(H2,48,49,50)/t17-,18-,19-,20-,21-,22-,27-,28-,29-,30-,31-,32-,33-,34-/m1/s1. The summed E-state index contributed by atoms with van der Waals surface area (Å²) in [5.41, 5.74) is 0. The number of esters is 3. The summed E-state index contributed by atoms with van der Waals surface area (Å²) >= 11 is 0. The van der Waals surface area contributed by atoms with Crippen molar-refractivity contribution in [3.63, 3.8) is 0 Å². The summed E-state index contributed by atoms with van der Waals surface area (Å²) < 4.78 is 50.2. The minimum absolute atomic E-state index is 0.113. The molecular formula is C34H59N2O21P. The first-order valence-corrected chi connectivity index (χ1v) is 20.5. The van der Waals surface area contributed by atoms with Crippen LogP contribution in [0.5, 0.6) is 0 Å². The number of aliphatic hydroxyl groups excluding tert-OH is 6. The zero-order valence-electron chi connectivity index (χ0n) is 33.0. The molecule has 0 unspecified atom stereocenters. The lowest BCUT2D eigenvalue weighted by molar-refractivity contribution is -0.298. The Kier molecular flexibility index (Phi) is 21.5. The molecule has 336 valence electrons. The zero-order valence-corrected chi connectivity index (χ0v) is 33.9. The van der Waals surface area contributed by atoms with Crippen LogP contribution in [0.3, 0.4) is 0 Å². The molecule has 0 radical (unpaired) electrons. The third-order valence-electron chi connectivity index (χ3n) is 9.22. The highest BCUT2D eigenvalue weighted by atomic mass is 31.2. The van der Waals surface area contributed by atoms with Crippen LogP contribution in [0.1, 0.15) is 86.0 Å². The Morgan fingerprint density at radius 3 is 1.59 bits per heavy atom. The predicted octanol–water partition coefficient (Wildman–Crippen LogP) is -2.72. The van der Waals surface area contributed by atoms with Gasteiger partial charge in [-0.1, -0.05) is 27.7 Å². The van der Waals surface area contributed by atoms with Crippen molar-refractivity contribution in [2.45, 2.75) is 172 Å². The molecule has 2 aliphatic heterocycles. The van der Waals surface area contributed by atoms with E-state index in [1.165, 1.54) is 0 Å². The molecule has 2 fully saturated rings. The fraction of sp³-hybridized carbons (Fsp3) is 0.853. The first kappa shape index (κ1) is 51.2. The molecule has 2 heterocycles. The van der Waals surface area contributed by atoms with Gasteiger partial charge in [-0.3, -0.25) is 28.5 Å². The van der Waals surface area contributed by atoms with E-state index in [4.69, 9.17) is 32.9 Å². The Morgan fingerprint density at radius 1 is 0.690 bits per heavy atom. The van der Waals surface area contributed by atoms with Crippen molar-refractivity contribution in [3.05, 3.63) is 0 Å². The topological polar surface area (TPSA) is 353 Å². The molecule has 0 saturated carbocycles. The van der Waals surface area contributed by atoms with E-state index in [9.17, 15) is 69.0 Å². The molecule has 0 spiro atoms. The molecule has 0 aromatic rings. The van der Waals surface area contributed by atoms with Crippen LogP contribution < -0.4 is 10.6 Å². The number of nitrogens with one attached hydrogen (secondary N) is 2. The minimum atomic E-state index is -5.49. The van der Waals surface area contributed by atoms with Gasteiger partial charge >= 0.3 is 25.7 Å². The first-order valence-electron chi connectivity index (χ1n) is 19.0. The average molecular weight is 863 g/mol. The van der Waals surface area contributed by atoms with Gasteiger partial charge in [0.05, 0.1) is 57.2 Å². The molecular weight excluding hydrogens is 803 g/mol. The highest BCUT2D eigenvalue weighted by Gasteiger charge is 2.53. The summed E-state index contributed by atoms with van der Waals surface area (Å²) in [4.78, 5) is 83.0. The number of ether oxygens (including phenoxy) is 6. The number of hydrogen-bond donors (Lipinski definition) is 10. The number of hydrogen-bond acceptors (Lipinski definition) is 19. The quantitative estimate of drug-likeness (QED) is 0.0283. The van der Waals surface area contributed by atoms with Gasteiger partial charge < -0.3 is 79.5 Å². The molecule has 0 aromatic heterocycles. The molecule has 2 amide bonds. The van der Waals surface area contributed by atoms with Gasteiger partial charge in [0.2, 0.25) is 11.8 Å². The van der Waals surface area contributed by atoms with Crippen molar-refractivity contribution in [1.29, 1.82) is 0 Å². The van der Waals surface area contributed by atoms with Gasteiger partial charge in [-0.15, -0.1) is 0 Å². The van der Waals surface area contributed by atoms with Crippen molar-refractivity contribution in [2.75, 3.05) is 13.2 Å². The van der Waals surface area contributed by atoms with Gasteiger partial charge in [0.1, 0.15) is 42.6 Å². The maximum absolute atomic E-state index is 13.3. The first-order chi connectivity index (χ1) is 27.2. The van der Waals surface area contributed by atoms with Gasteiger partial charge in [-0.25, -0.2) is 4.57 Å². The fourth-order valence-electron chi connectivity index (χ4n) is 5.90. The van der Waals surface area contributed by atoms with E-state index < -0.39 is 162 Å². The number of rotatable bonds is 23. The Labute approximate surface area is 334 Å². The smallest absolute Gasteiger partial charge is 0.462 e. The molecule has 23 nitrogen and oxygen atoms in total. The number of phosphoric ester groups is 1. The molecule has 0 aromatic carbocycles. The lowest BCUT2D eigenvalue weighted by Gasteiger charge is -2.46. The van der Waals surface area contributed by atoms with Crippen molar-refractivity contribution in [2.24, 2.45) is 0 Å². The highest BCUT2D eigenvalue weighted by molar-refractivity contribution is 7.46. The van der Waals surface area contributed by atoms with E-state index in [2.05, 4.69) is 10.6 Å². The van der Waals surface area contributed by atoms with Crippen LogP contribution in [0.25, 0.3) is 0 Å². The van der Waals surface area contributed by atoms with Crippen LogP contribution in [0.15, 0.2) is 0 Å². The Morgan fingerprint density at radius 2 is 1.14 bits per heavy atom. The molecule has 14 atom stereocenters. The summed E-state index contributed by atoms with van der Waals surface area (Å²) in [5, 5.41) is 67.6. The van der Waals surface area contributed by atoms with E-state index in [1.807, 2.05) is 0 Å². The number of amides is 2. The van der Waals surface area contributed by atoms with Crippen LogP contribution in [0, 0.1) is 0 Å². The van der Waals surface area contributed by atoms with Crippen LogP contribution in [-0.2, 0) is 61.5 Å². The van der Waals surface area contributed by atoms with E-state index in [1.54, 1.807) is 27.7 Å². The number of carbonyl (C=O) groups excluding carboxylic acids is 5. The number of carbonyl (C=O) groups is 5. The molecule has 2 aliphatic rings. The molecule has 0 aliphatic carbocycles. The van der Waals surface area contributed by atoms with Gasteiger partial charge in [0, 0.05) is 6.92 Å². The van der Waals surface area contributed by atoms with Crippen molar-refractivity contribution in [1.82, 2.24) is 10.6 Å². The third-order valence-corrected chi connectivity index (χ3v) is 9.71. The second-order valence-corrected chi connectivity index (χ2v) is 15.1. The van der Waals surface area contributed by atoms with Crippen LogP contribution in [0.4, 0.5) is 0 Å². The highest BCUT2D eigenvalue weighted by Crippen LogP contribution is 2.41. The van der Waals surface area contributed by atoms with E-state index in [0.29, 0.717) is 0 Å². The third kappa shape index (κ3) is 16.6. The summed E-state index contributed by atoms with van der Waals surface area (Å²) in [6, 6.07) is -3.47. The van der Waals surface area contributed by atoms with Gasteiger partial charge in [0.25, 0.3) is 0 Å². The summed E-state index contributed by atoms with van der Waals surface area (Å²) in [6.07, 6.45) is -20.7. The molecule has 2 rings (SSSR count). The Bertz CT molecular complexity index is 1390. The monoisotopic (exact) mass is 862 g/mol. The van der Waals surface area contributed by atoms with Gasteiger partial charge in [-0.05, 0) is 25.7 Å². The molecule has 0 bridgehead atoms. The largest absolute Gasteiger partial charge is 0.472 e. The molecule has 58 heavy (non-hydrogen) atoms. The van der Waals surface area contributed by atoms with Crippen LogP contribution in [0.2, 0.25) is 0 Å². The summed E-state index contributed by atoms with van der Waals surface area (Å²) in [7, 11) is -5.49. The second kappa shape index (κ2) is 24.4. The van der Waals surface area contributed by atoms with Crippen molar-refractivity contribution < 1.29 is 102 Å². The van der Waals surface area contributed by atoms with E-state index in [0.717, 1.165) is 6.92 Å². The normalized spacial score (nSPS) is 29.6. The van der Waals surface area contributed by atoms with E-state index in [-0.39, 0.29) is 25.7 Å². The number of phosphoric acid groups is 1. The van der Waals surface area contributed by atoms with Crippen molar-refractivity contribution in [3.8, 4) is 0 Å². The minimum Gasteiger partial charge on any atom is -0.462 e. The predicted molar refractivity (Wildman–Crippen MR) is 192 cm³/mol. The Hall–Kier alpha value is -2.90. The maximum Gasteiger partial charge on any atom is 0.472 e. The fourth-order valence-corrected chi connectivity index (χ4v) is 6.35. The lowest BCUT2D eigenvalue weighted by Crippen LogP contribution is -2.67.